The van der Waals surface area contributed by atoms with Crippen molar-refractivity contribution >= 4 is 22.1 Å². The first-order valence-electron chi connectivity index (χ1n) is 7.89. The second-order valence-electron chi connectivity index (χ2n) is 6.77. The van der Waals surface area contributed by atoms with Gasteiger partial charge in [-0.25, -0.2) is 0 Å². The van der Waals surface area contributed by atoms with Crippen LogP contribution >= 0.6 is 0 Å². The van der Waals surface area contributed by atoms with Crippen molar-refractivity contribution < 1.29 is 0 Å². The van der Waals surface area contributed by atoms with E-state index in [2.05, 4.69) is 85.2 Å². The summed E-state index contributed by atoms with van der Waals surface area (Å²) in [7, 11) is 0. The van der Waals surface area contributed by atoms with Crippen LogP contribution < -0.4 is 8.79 Å². The molecule has 3 aromatic carbocycles. The Morgan fingerprint density at radius 3 is 1.82 bits per heavy atom. The topological polar surface area (TPSA) is 0 Å². The Balaban J connectivity index is 2.21. The van der Waals surface area contributed by atoms with Gasteiger partial charge in [-0.3, -0.25) is 0 Å². The minimum atomic E-state index is -2.31. The first kappa shape index (κ1) is 13.8. The summed E-state index contributed by atoms with van der Waals surface area (Å²) in [6, 6.07) is 25.0. The van der Waals surface area contributed by atoms with Crippen molar-refractivity contribution in [3.8, 4) is 22.3 Å². The third-order valence-corrected chi connectivity index (χ3v) is 12.4. The Hall–Kier alpha value is -1.80. The molecule has 0 bridgehead atoms. The summed E-state index contributed by atoms with van der Waals surface area (Å²) >= 11 is -2.31. The van der Waals surface area contributed by atoms with E-state index in [4.69, 9.17) is 0 Å². The molecule has 108 valence electrons. The van der Waals surface area contributed by atoms with Crippen LogP contribution in [0.5, 0.6) is 0 Å². The molecule has 1 heteroatoms. The van der Waals surface area contributed by atoms with Gasteiger partial charge < -0.3 is 0 Å². The molecule has 0 N–H and O–H groups in total. The average Bonchev–Trinajstić information content (AvgIpc) is 2.62. The predicted molar refractivity (Wildman–Crippen MR) is 98.8 cm³/mol. The van der Waals surface area contributed by atoms with Crippen molar-refractivity contribution in [3.63, 3.8) is 0 Å². The van der Waals surface area contributed by atoms with Crippen LogP contribution in [0.1, 0.15) is 5.56 Å². The third-order valence-electron chi connectivity index (χ3n) is 4.96. The summed E-state index contributed by atoms with van der Waals surface area (Å²) in [4.78, 5) is 0. The molecule has 0 spiro atoms. The van der Waals surface area contributed by atoms with Gasteiger partial charge in [-0.05, 0) is 0 Å². The zero-order valence-corrected chi connectivity index (χ0v) is 15.4. The van der Waals surface area contributed by atoms with E-state index in [1.54, 1.807) is 8.79 Å². The average molecular weight is 345 g/mol. The van der Waals surface area contributed by atoms with Crippen LogP contribution in [0.3, 0.4) is 0 Å². The monoisotopic (exact) mass is 346 g/mol. The van der Waals surface area contributed by atoms with Crippen molar-refractivity contribution in [2.24, 2.45) is 0 Å². The van der Waals surface area contributed by atoms with Gasteiger partial charge in [0.1, 0.15) is 0 Å². The third kappa shape index (κ3) is 1.90. The van der Waals surface area contributed by atoms with Gasteiger partial charge in [0.2, 0.25) is 0 Å². The predicted octanol–water partition coefficient (Wildman–Crippen LogP) is 4.47. The summed E-state index contributed by atoms with van der Waals surface area (Å²) in [6.07, 6.45) is 0. The minimum absolute atomic E-state index is 1.37. The van der Waals surface area contributed by atoms with Crippen molar-refractivity contribution in [1.29, 1.82) is 0 Å². The first-order valence-corrected chi connectivity index (χ1v) is 14.2. The van der Waals surface area contributed by atoms with Crippen molar-refractivity contribution in [2.75, 3.05) is 0 Å². The Bertz CT molecular complexity index is 875. The van der Waals surface area contributed by atoms with E-state index in [-0.39, 0.29) is 0 Å². The van der Waals surface area contributed by atoms with Gasteiger partial charge >= 0.3 is 135 Å². The molecule has 1 heterocycles. The normalized spacial score (nSPS) is 14.5. The molecule has 1 aliphatic heterocycles. The van der Waals surface area contributed by atoms with Crippen molar-refractivity contribution in [1.82, 2.24) is 0 Å². The van der Waals surface area contributed by atoms with E-state index in [1.807, 2.05) is 0 Å². The van der Waals surface area contributed by atoms with Crippen LogP contribution in [0.15, 0.2) is 66.7 Å². The molecule has 0 aliphatic carbocycles. The fourth-order valence-corrected chi connectivity index (χ4v) is 10.4. The van der Waals surface area contributed by atoms with Gasteiger partial charge in [-0.1, -0.05) is 0 Å². The van der Waals surface area contributed by atoms with Gasteiger partial charge in [-0.2, -0.15) is 0 Å². The van der Waals surface area contributed by atoms with E-state index in [9.17, 15) is 0 Å². The van der Waals surface area contributed by atoms with Gasteiger partial charge in [-0.15, -0.1) is 0 Å². The molecule has 0 nitrogen and oxygen atoms in total. The molecule has 0 saturated heterocycles. The number of rotatable bonds is 0. The second-order valence-corrected chi connectivity index (χ2v) is 15.8. The molecule has 22 heavy (non-hydrogen) atoms. The molecule has 4 rings (SSSR count). The molecule has 0 amide bonds. The number of hydrogen-bond donors (Lipinski definition) is 0. The number of aryl methyl sites for hydroxylation is 1. The van der Waals surface area contributed by atoms with Crippen molar-refractivity contribution in [2.45, 2.75) is 18.4 Å². The molecular formula is C21H20Ge. The Morgan fingerprint density at radius 1 is 0.591 bits per heavy atom. The Kier molecular flexibility index (Phi) is 3.05. The van der Waals surface area contributed by atoms with Crippen LogP contribution in [0, 0.1) is 6.92 Å². The molecule has 0 fully saturated rings. The van der Waals surface area contributed by atoms with Crippen LogP contribution in [0.4, 0.5) is 0 Å². The molecule has 0 saturated carbocycles. The fourth-order valence-electron chi connectivity index (χ4n) is 3.77. The van der Waals surface area contributed by atoms with E-state index < -0.39 is 13.3 Å². The Labute approximate surface area is 135 Å². The van der Waals surface area contributed by atoms with Gasteiger partial charge in [0.05, 0.1) is 0 Å². The van der Waals surface area contributed by atoms with Gasteiger partial charge in [0, 0.05) is 0 Å². The second kappa shape index (κ2) is 4.85. The summed E-state index contributed by atoms with van der Waals surface area (Å²) in [5, 5.41) is 0. The molecular weight excluding hydrogens is 325 g/mol. The maximum absolute atomic E-state index is 2.53. The summed E-state index contributed by atoms with van der Waals surface area (Å²) in [5.41, 5.74) is 7.04. The van der Waals surface area contributed by atoms with E-state index in [1.165, 1.54) is 27.8 Å². The molecule has 1 aliphatic rings. The molecule has 0 radical (unpaired) electrons. The van der Waals surface area contributed by atoms with Crippen LogP contribution in [-0.2, 0) is 0 Å². The number of hydrogen-bond acceptors (Lipinski definition) is 0. The quantitative estimate of drug-likeness (QED) is 0.528. The number of benzene rings is 3. The summed E-state index contributed by atoms with van der Waals surface area (Å²) in [6.45, 7) is 2.21. The van der Waals surface area contributed by atoms with E-state index in [0.29, 0.717) is 0 Å². The SMILES string of the molecule is Cc1ccc2[c](c1)[Ge]([CH3])([CH3])[c]1ccccc1-c1ccccc1-2. The van der Waals surface area contributed by atoms with Crippen LogP contribution in [0.2, 0.25) is 11.5 Å². The Morgan fingerprint density at radius 2 is 1.14 bits per heavy atom. The van der Waals surface area contributed by atoms with Gasteiger partial charge in [0.15, 0.2) is 0 Å². The summed E-state index contributed by atoms with van der Waals surface area (Å²) in [5.74, 6) is 5.06. The summed E-state index contributed by atoms with van der Waals surface area (Å²) < 4.78 is 3.21. The van der Waals surface area contributed by atoms with Crippen LogP contribution in [-0.4, -0.2) is 13.3 Å². The first-order chi connectivity index (χ1) is 10.6. The van der Waals surface area contributed by atoms with Gasteiger partial charge in [0.25, 0.3) is 0 Å². The fraction of sp³-hybridized carbons (Fsp3) is 0.143. The van der Waals surface area contributed by atoms with E-state index in [0.717, 1.165) is 0 Å². The van der Waals surface area contributed by atoms with E-state index >= 15 is 0 Å². The maximum atomic E-state index is 2.53. The molecule has 0 aromatic heterocycles. The zero-order chi connectivity index (χ0) is 15.3. The zero-order valence-electron chi connectivity index (χ0n) is 13.4. The van der Waals surface area contributed by atoms with Crippen molar-refractivity contribution in [3.05, 3.63) is 72.3 Å². The van der Waals surface area contributed by atoms with Crippen LogP contribution in [0.25, 0.3) is 22.3 Å². The standard InChI is InChI=1S/C21H20Ge/c1-15-12-13-19-17-9-5-4-8-16(17)18-10-6-7-11-20(18)22(2,3)21(19)14-15/h4-14H,1-3H3. The molecule has 3 aromatic rings. The number of fused-ring (bicyclic) bond motifs is 5. The molecule has 0 unspecified atom stereocenters. The molecule has 0 atom stereocenters.